The molecule has 21 heteroatoms. The van der Waals surface area contributed by atoms with Crippen LogP contribution in [-0.4, -0.2) is 97.9 Å². The van der Waals surface area contributed by atoms with E-state index in [2.05, 4.69) is 71.8 Å². The molecular formula is C50H81N3O16P2. The lowest BCUT2D eigenvalue weighted by Crippen LogP contribution is -2.36. The fourth-order valence-corrected chi connectivity index (χ4v) is 9.49. The van der Waals surface area contributed by atoms with Crippen LogP contribution < -0.4 is 11.4 Å². The minimum Gasteiger partial charge on any atom is -0.462 e. The van der Waals surface area contributed by atoms with E-state index in [-0.39, 0.29) is 24.8 Å². The average molecular weight is 1040 g/mol. The summed E-state index contributed by atoms with van der Waals surface area (Å²) in [7, 11) is -10.9. The topological polar surface area (TPSA) is 278 Å². The highest BCUT2D eigenvalue weighted by Crippen LogP contribution is 2.60. The highest BCUT2D eigenvalue weighted by Gasteiger charge is 2.46. The standard InChI is InChI=1S/C50H81N3O16P2/c1-3-5-7-9-11-12-13-14-15-16-17-18-21-26-30-34-46(55)66-40(37-63-45(54)33-29-25-22-19-20-24-28-32-42-41(67-42)31-27-23-10-8-6-4-2)38-64-70(59,60)69-71(61,62)65-39-43-47(56)48(57)49(68-43)53-36-35-44(51)52-50(53)58/h11-12,14-15,19,22-24,27-28,35-36,40-43,47-49,56-57H,3-10,13,16-18,20-21,25-26,29-34,37-39H2,1-2H3,(H,59,60)(H,61,62)(H2,51,52,58)/b12-11-,15-14-,22-19-,27-23-,28-24-/t40-,41?,42?,43-,47-,48-,49-/m1/s1. The van der Waals surface area contributed by atoms with E-state index in [9.17, 15) is 43.5 Å². The first-order chi connectivity index (χ1) is 34.1. The van der Waals surface area contributed by atoms with E-state index in [4.69, 9.17) is 33.7 Å². The Kier molecular flexibility index (Phi) is 30.9. The van der Waals surface area contributed by atoms with Crippen molar-refractivity contribution in [2.45, 2.75) is 198 Å². The second-order valence-electron chi connectivity index (χ2n) is 17.7. The number of esters is 2. The fraction of sp³-hybridized carbons (Fsp3) is 0.680. The molecule has 3 rings (SSSR count). The van der Waals surface area contributed by atoms with Gasteiger partial charge in [-0.1, -0.05) is 120 Å². The molecule has 0 spiro atoms. The Bertz CT molecular complexity index is 1990. The van der Waals surface area contributed by atoms with E-state index < -0.39 is 83.7 Å². The summed E-state index contributed by atoms with van der Waals surface area (Å²) in [4.78, 5) is 61.9. The van der Waals surface area contributed by atoms with E-state index in [1.54, 1.807) is 0 Å². The number of aliphatic hydroxyl groups is 2. The summed E-state index contributed by atoms with van der Waals surface area (Å²) in [5, 5.41) is 20.9. The number of nitrogen functional groups attached to an aromatic ring is 1. The Morgan fingerprint density at radius 1 is 0.690 bits per heavy atom. The van der Waals surface area contributed by atoms with Gasteiger partial charge in [-0.3, -0.25) is 23.2 Å². The van der Waals surface area contributed by atoms with E-state index in [1.165, 1.54) is 44.6 Å². The molecule has 2 fully saturated rings. The van der Waals surface area contributed by atoms with Gasteiger partial charge in [0, 0.05) is 19.0 Å². The molecule has 0 aliphatic carbocycles. The lowest BCUT2D eigenvalue weighted by atomic mass is 10.1. The number of hydrogen-bond acceptors (Lipinski definition) is 16. The number of ether oxygens (including phenoxy) is 4. The van der Waals surface area contributed by atoms with Crippen molar-refractivity contribution in [3.05, 3.63) is 83.5 Å². The predicted octanol–water partition coefficient (Wildman–Crippen LogP) is 9.32. The molecule has 0 saturated carbocycles. The van der Waals surface area contributed by atoms with Gasteiger partial charge in [-0.2, -0.15) is 9.29 Å². The van der Waals surface area contributed by atoms with Crippen molar-refractivity contribution in [3.8, 4) is 0 Å². The molecule has 2 aliphatic rings. The number of epoxide rings is 1. The monoisotopic (exact) mass is 1040 g/mol. The van der Waals surface area contributed by atoms with Crippen LogP contribution in [0.15, 0.2) is 77.8 Å². The Balaban J connectivity index is 1.42. The number of nitrogens with two attached hydrogens (primary N) is 1. The molecular weight excluding hydrogens is 961 g/mol. The maximum atomic E-state index is 12.9. The molecule has 0 aromatic carbocycles. The third-order valence-electron chi connectivity index (χ3n) is 11.5. The maximum absolute atomic E-state index is 12.9. The molecule has 3 heterocycles. The van der Waals surface area contributed by atoms with E-state index in [0.29, 0.717) is 25.4 Å². The van der Waals surface area contributed by atoms with Gasteiger partial charge in [0.2, 0.25) is 0 Å². The molecule has 0 bridgehead atoms. The van der Waals surface area contributed by atoms with Gasteiger partial charge in [0.1, 0.15) is 30.7 Å². The second-order valence-corrected chi connectivity index (χ2v) is 20.7. The van der Waals surface area contributed by atoms with Crippen LogP contribution >= 0.6 is 15.6 Å². The smallest absolute Gasteiger partial charge is 0.462 e. The van der Waals surface area contributed by atoms with Gasteiger partial charge in [0.25, 0.3) is 0 Å². The minimum absolute atomic E-state index is 0.0171. The first kappa shape index (κ1) is 61.7. The van der Waals surface area contributed by atoms with Gasteiger partial charge in [-0.25, -0.2) is 13.9 Å². The lowest BCUT2D eigenvalue weighted by Gasteiger charge is -2.21. The number of nitrogens with zero attached hydrogens (tertiary/aromatic N) is 2. The normalized spacial score (nSPS) is 22.5. The number of rotatable bonds is 40. The number of hydrogen-bond donors (Lipinski definition) is 5. The molecule has 402 valence electrons. The van der Waals surface area contributed by atoms with Gasteiger partial charge < -0.3 is 44.7 Å². The summed E-state index contributed by atoms with van der Waals surface area (Å²) in [6.45, 7) is 2.02. The largest absolute Gasteiger partial charge is 0.481 e. The first-order valence-electron chi connectivity index (χ1n) is 25.4. The molecule has 71 heavy (non-hydrogen) atoms. The fourth-order valence-electron chi connectivity index (χ4n) is 7.38. The van der Waals surface area contributed by atoms with Crippen LogP contribution in [0.2, 0.25) is 0 Å². The highest BCUT2D eigenvalue weighted by atomic mass is 31.3. The van der Waals surface area contributed by atoms with Crippen LogP contribution in [-0.2, 0) is 51.0 Å². The number of allylic oxidation sites excluding steroid dienone is 8. The van der Waals surface area contributed by atoms with E-state index >= 15 is 0 Å². The van der Waals surface area contributed by atoms with Gasteiger partial charge in [-0.05, 0) is 89.5 Å². The lowest BCUT2D eigenvalue weighted by molar-refractivity contribution is -0.161. The van der Waals surface area contributed by atoms with Crippen molar-refractivity contribution in [1.29, 1.82) is 0 Å². The molecule has 19 nitrogen and oxygen atoms in total. The zero-order valence-electron chi connectivity index (χ0n) is 41.7. The maximum Gasteiger partial charge on any atom is 0.481 e. The molecule has 4 unspecified atom stereocenters. The number of unbranched alkanes of at least 4 members (excludes halogenated alkanes) is 12. The van der Waals surface area contributed by atoms with Crippen molar-refractivity contribution in [2.24, 2.45) is 0 Å². The van der Waals surface area contributed by atoms with Crippen molar-refractivity contribution >= 4 is 33.4 Å². The number of carbonyl (C=O) groups is 2. The van der Waals surface area contributed by atoms with Crippen molar-refractivity contribution in [3.63, 3.8) is 0 Å². The van der Waals surface area contributed by atoms with Crippen LogP contribution in [0.3, 0.4) is 0 Å². The summed E-state index contributed by atoms with van der Waals surface area (Å²) >= 11 is 0. The van der Waals surface area contributed by atoms with Crippen molar-refractivity contribution in [1.82, 2.24) is 9.55 Å². The quantitative estimate of drug-likeness (QED) is 0.0135. The molecule has 6 N–H and O–H groups in total. The van der Waals surface area contributed by atoms with Crippen LogP contribution in [0.5, 0.6) is 0 Å². The van der Waals surface area contributed by atoms with Gasteiger partial charge >= 0.3 is 33.3 Å². The summed E-state index contributed by atoms with van der Waals surface area (Å²) in [5.74, 6) is -1.39. The van der Waals surface area contributed by atoms with Gasteiger partial charge in [0.05, 0.1) is 25.4 Å². The van der Waals surface area contributed by atoms with Gasteiger partial charge in [-0.15, -0.1) is 0 Å². The van der Waals surface area contributed by atoms with Crippen molar-refractivity contribution in [2.75, 3.05) is 25.6 Å². The zero-order chi connectivity index (χ0) is 51.7. The molecule has 9 atom stereocenters. The number of carbonyl (C=O) groups excluding carboxylic acids is 2. The molecule has 2 aliphatic heterocycles. The van der Waals surface area contributed by atoms with E-state index in [1.807, 2.05) is 12.2 Å². The summed E-state index contributed by atoms with van der Waals surface area (Å²) in [6.07, 6.45) is 34.8. The zero-order valence-corrected chi connectivity index (χ0v) is 43.5. The van der Waals surface area contributed by atoms with Crippen LogP contribution in [0.4, 0.5) is 5.82 Å². The van der Waals surface area contributed by atoms with Gasteiger partial charge in [0.15, 0.2) is 12.3 Å². The second kappa shape index (κ2) is 35.6. The molecule has 2 saturated heterocycles. The van der Waals surface area contributed by atoms with Crippen LogP contribution in [0.25, 0.3) is 0 Å². The number of phosphoric ester groups is 2. The predicted molar refractivity (Wildman–Crippen MR) is 270 cm³/mol. The Labute approximate surface area is 419 Å². The number of anilines is 1. The number of aliphatic hydroxyl groups excluding tert-OH is 2. The molecule has 0 amide bonds. The van der Waals surface area contributed by atoms with Crippen LogP contribution in [0, 0.1) is 0 Å². The van der Waals surface area contributed by atoms with Crippen LogP contribution in [0.1, 0.15) is 161 Å². The molecule has 1 aromatic heterocycles. The molecule has 1 aromatic rings. The molecule has 0 radical (unpaired) electrons. The summed E-state index contributed by atoms with van der Waals surface area (Å²) in [6, 6.07) is 1.24. The summed E-state index contributed by atoms with van der Waals surface area (Å²) < 4.78 is 62.5. The third kappa shape index (κ3) is 27.9. The van der Waals surface area contributed by atoms with E-state index in [0.717, 1.165) is 81.4 Å². The number of phosphoric acid groups is 2. The SMILES string of the molecule is CCCCC/C=C\C/C=C\CCCCCCCC(=O)O[C@H](COC(=O)CCC/C=C\C/C=C\CC1OC1C/C=C\CCCCC)COP(=O)(O)OP(=O)(O)OC[C@H]1O[C@@H](n2ccc(N)nc2=O)[C@H](O)[C@@H]1O. The Morgan fingerprint density at radius 2 is 1.23 bits per heavy atom. The third-order valence-corrected chi connectivity index (χ3v) is 14.1. The van der Waals surface area contributed by atoms with Crippen molar-refractivity contribution < 1.29 is 71.0 Å². The number of aromatic nitrogens is 2. The first-order valence-corrected chi connectivity index (χ1v) is 28.4. The highest BCUT2D eigenvalue weighted by molar-refractivity contribution is 7.61. The average Bonchev–Trinajstić information content (AvgIpc) is 4.02. The minimum atomic E-state index is -5.44. The Hall–Kier alpha value is -3.58. The summed E-state index contributed by atoms with van der Waals surface area (Å²) in [5.41, 5.74) is 4.58. The Morgan fingerprint density at radius 3 is 1.86 bits per heavy atom.